The summed E-state index contributed by atoms with van der Waals surface area (Å²) in [5, 5.41) is 20.7. The van der Waals surface area contributed by atoms with E-state index in [1.807, 2.05) is 6.92 Å². The van der Waals surface area contributed by atoms with Gasteiger partial charge in [-0.15, -0.1) is 0 Å². The molecule has 1 aliphatic heterocycles. The number of aliphatic hydroxyl groups excluding tert-OH is 1. The molecule has 1 aromatic carbocycles. The monoisotopic (exact) mass is 337 g/mol. The van der Waals surface area contributed by atoms with E-state index < -0.39 is 12.1 Å². The fourth-order valence-corrected chi connectivity index (χ4v) is 2.50. The number of rotatable bonds is 6. The Morgan fingerprint density at radius 3 is 2.58 bits per heavy atom. The van der Waals surface area contributed by atoms with Crippen molar-refractivity contribution in [3.8, 4) is 0 Å². The highest BCUT2D eigenvalue weighted by atomic mass is 16.5. The first-order chi connectivity index (χ1) is 11.5. The molecule has 1 aromatic rings. The van der Waals surface area contributed by atoms with Crippen molar-refractivity contribution in [2.45, 2.75) is 38.7 Å². The van der Waals surface area contributed by atoms with Crippen LogP contribution in [0.1, 0.15) is 44.3 Å². The van der Waals surface area contributed by atoms with Gasteiger partial charge in [-0.1, -0.05) is 30.3 Å². The van der Waals surface area contributed by atoms with Gasteiger partial charge < -0.3 is 20.3 Å². The van der Waals surface area contributed by atoms with E-state index in [2.05, 4.69) is 5.32 Å². The zero-order valence-electron chi connectivity index (χ0n) is 14.1. The van der Waals surface area contributed by atoms with Gasteiger partial charge in [-0.05, 0) is 50.8 Å². The molecule has 0 saturated carbocycles. The van der Waals surface area contributed by atoms with Crippen LogP contribution in [-0.4, -0.2) is 41.8 Å². The maximum atomic E-state index is 11.0. The fraction of sp³-hybridized carbons (Fsp3) is 0.556. The first-order valence-corrected chi connectivity index (χ1v) is 8.36. The standard InChI is InChI=1S/C10H19NO2.C8H8O3/c1-2-13-10(12)6-5-9-4-3-7-11-8-9;9-7(8(10)11)6-4-2-1-3-5-6/h9,11H,2-8H2,1H3;1-5,7,9H,(H,10,11)/t9-;/m1./s1. The Kier molecular flexibility index (Phi) is 9.72. The molecule has 6 nitrogen and oxygen atoms in total. The number of ether oxygens (including phenoxy) is 1. The quantitative estimate of drug-likeness (QED) is 0.688. The van der Waals surface area contributed by atoms with Crippen LogP contribution in [0.5, 0.6) is 0 Å². The summed E-state index contributed by atoms with van der Waals surface area (Å²) in [5.74, 6) is -0.595. The van der Waals surface area contributed by atoms with Gasteiger partial charge in [0, 0.05) is 6.42 Å². The molecule has 1 fully saturated rings. The summed E-state index contributed by atoms with van der Waals surface area (Å²) >= 11 is 0. The summed E-state index contributed by atoms with van der Waals surface area (Å²) in [7, 11) is 0. The number of carbonyl (C=O) groups excluding carboxylic acids is 1. The van der Waals surface area contributed by atoms with Crippen molar-refractivity contribution in [2.75, 3.05) is 19.7 Å². The van der Waals surface area contributed by atoms with E-state index in [1.165, 1.54) is 12.8 Å². The minimum absolute atomic E-state index is 0.0481. The highest BCUT2D eigenvalue weighted by molar-refractivity contribution is 5.73. The van der Waals surface area contributed by atoms with Crippen molar-refractivity contribution >= 4 is 11.9 Å². The second kappa shape index (κ2) is 11.6. The van der Waals surface area contributed by atoms with Crippen molar-refractivity contribution < 1.29 is 24.5 Å². The smallest absolute Gasteiger partial charge is 0.337 e. The van der Waals surface area contributed by atoms with Gasteiger partial charge in [-0.2, -0.15) is 0 Å². The van der Waals surface area contributed by atoms with E-state index in [0.717, 1.165) is 19.5 Å². The molecule has 0 spiro atoms. The van der Waals surface area contributed by atoms with E-state index >= 15 is 0 Å². The lowest BCUT2D eigenvalue weighted by molar-refractivity contribution is -0.147. The lowest BCUT2D eigenvalue weighted by Crippen LogP contribution is -2.30. The van der Waals surface area contributed by atoms with E-state index in [1.54, 1.807) is 30.3 Å². The molecule has 0 bridgehead atoms. The predicted molar refractivity (Wildman–Crippen MR) is 90.5 cm³/mol. The number of esters is 1. The Bertz CT molecular complexity index is 485. The molecule has 6 heteroatoms. The van der Waals surface area contributed by atoms with E-state index in [-0.39, 0.29) is 5.97 Å². The molecule has 0 aromatic heterocycles. The normalized spacial score (nSPS) is 18.0. The molecule has 0 amide bonds. The lowest BCUT2D eigenvalue weighted by Gasteiger charge is -2.21. The summed E-state index contributed by atoms with van der Waals surface area (Å²) in [4.78, 5) is 21.3. The Morgan fingerprint density at radius 1 is 1.33 bits per heavy atom. The predicted octanol–water partition coefficient (Wildman–Crippen LogP) is 2.13. The number of aliphatic carboxylic acids is 1. The fourth-order valence-electron chi connectivity index (χ4n) is 2.50. The maximum absolute atomic E-state index is 11.0. The molecular formula is C18H27NO5. The minimum atomic E-state index is -1.41. The number of nitrogens with one attached hydrogen (secondary N) is 1. The summed E-state index contributed by atoms with van der Waals surface area (Å²) < 4.78 is 4.87. The zero-order chi connectivity index (χ0) is 17.8. The van der Waals surface area contributed by atoms with Crippen LogP contribution in [0.15, 0.2) is 30.3 Å². The molecule has 1 unspecified atom stereocenters. The molecule has 1 saturated heterocycles. The van der Waals surface area contributed by atoms with Crippen molar-refractivity contribution in [1.82, 2.24) is 5.32 Å². The van der Waals surface area contributed by atoms with Crippen molar-refractivity contribution in [3.05, 3.63) is 35.9 Å². The Balaban J connectivity index is 0.000000243. The number of carboxylic acids is 1. The number of aliphatic hydroxyl groups is 1. The highest BCUT2D eigenvalue weighted by Gasteiger charge is 2.15. The number of hydrogen-bond donors (Lipinski definition) is 3. The van der Waals surface area contributed by atoms with Crippen LogP contribution >= 0.6 is 0 Å². The van der Waals surface area contributed by atoms with Gasteiger partial charge in [-0.3, -0.25) is 4.79 Å². The van der Waals surface area contributed by atoms with Crippen LogP contribution < -0.4 is 5.32 Å². The molecule has 2 rings (SSSR count). The molecule has 1 heterocycles. The van der Waals surface area contributed by atoms with Gasteiger partial charge in [0.05, 0.1) is 6.61 Å². The first kappa shape index (κ1) is 20.1. The third kappa shape index (κ3) is 8.08. The maximum Gasteiger partial charge on any atom is 0.337 e. The molecule has 3 N–H and O–H groups in total. The van der Waals surface area contributed by atoms with Crippen molar-refractivity contribution in [2.24, 2.45) is 5.92 Å². The molecule has 2 atom stereocenters. The second-order valence-corrected chi connectivity index (χ2v) is 5.71. The van der Waals surface area contributed by atoms with E-state index in [0.29, 0.717) is 24.5 Å². The SMILES string of the molecule is CCOC(=O)CC[C@H]1CCCNC1.O=C(O)C(O)c1ccccc1. The number of hydrogen-bond acceptors (Lipinski definition) is 5. The third-order valence-electron chi connectivity index (χ3n) is 3.81. The second-order valence-electron chi connectivity index (χ2n) is 5.71. The summed E-state index contributed by atoms with van der Waals surface area (Å²) in [6.07, 6.45) is 2.66. The first-order valence-electron chi connectivity index (χ1n) is 8.36. The number of piperidine rings is 1. The number of benzene rings is 1. The molecule has 0 aliphatic carbocycles. The summed E-state index contributed by atoms with van der Waals surface area (Å²) in [6.45, 7) is 4.55. The van der Waals surface area contributed by atoms with Crippen molar-refractivity contribution in [3.63, 3.8) is 0 Å². The molecule has 134 valence electrons. The van der Waals surface area contributed by atoms with Crippen LogP contribution in [0, 0.1) is 5.92 Å². The molecule has 1 aliphatic rings. The molecular weight excluding hydrogens is 310 g/mol. The van der Waals surface area contributed by atoms with Gasteiger partial charge in [-0.25, -0.2) is 4.79 Å². The Labute approximate surface area is 142 Å². The third-order valence-corrected chi connectivity index (χ3v) is 3.81. The highest BCUT2D eigenvalue weighted by Crippen LogP contribution is 2.16. The van der Waals surface area contributed by atoms with Crippen LogP contribution in [0.25, 0.3) is 0 Å². The van der Waals surface area contributed by atoms with Gasteiger partial charge >= 0.3 is 11.9 Å². The van der Waals surface area contributed by atoms with Crippen LogP contribution in [0.2, 0.25) is 0 Å². The largest absolute Gasteiger partial charge is 0.479 e. The number of carboxylic acid groups (broad SMARTS) is 1. The van der Waals surface area contributed by atoms with Gasteiger partial charge in [0.15, 0.2) is 6.10 Å². The Morgan fingerprint density at radius 2 is 2.04 bits per heavy atom. The van der Waals surface area contributed by atoms with Gasteiger partial charge in [0.1, 0.15) is 0 Å². The average molecular weight is 337 g/mol. The van der Waals surface area contributed by atoms with Gasteiger partial charge in [0.25, 0.3) is 0 Å². The van der Waals surface area contributed by atoms with Crippen LogP contribution in [0.4, 0.5) is 0 Å². The number of carbonyl (C=O) groups is 2. The van der Waals surface area contributed by atoms with Crippen LogP contribution in [-0.2, 0) is 14.3 Å². The van der Waals surface area contributed by atoms with E-state index in [9.17, 15) is 9.59 Å². The molecule has 24 heavy (non-hydrogen) atoms. The average Bonchev–Trinajstić information content (AvgIpc) is 2.62. The van der Waals surface area contributed by atoms with Crippen LogP contribution in [0.3, 0.4) is 0 Å². The molecule has 0 radical (unpaired) electrons. The van der Waals surface area contributed by atoms with E-state index in [4.69, 9.17) is 14.9 Å². The summed E-state index contributed by atoms with van der Waals surface area (Å²) in [6, 6.07) is 8.26. The van der Waals surface area contributed by atoms with Crippen molar-refractivity contribution in [1.29, 1.82) is 0 Å². The topological polar surface area (TPSA) is 95.9 Å². The summed E-state index contributed by atoms with van der Waals surface area (Å²) in [5.41, 5.74) is 0.403. The zero-order valence-corrected chi connectivity index (χ0v) is 14.1. The Hall–Kier alpha value is -1.92. The minimum Gasteiger partial charge on any atom is -0.479 e. The lowest BCUT2D eigenvalue weighted by atomic mass is 9.95. The van der Waals surface area contributed by atoms with Gasteiger partial charge in [0.2, 0.25) is 0 Å².